The lowest BCUT2D eigenvalue weighted by Gasteiger charge is -2.31. The van der Waals surface area contributed by atoms with Crippen LogP contribution in [0.25, 0.3) is 0 Å². The first-order chi connectivity index (χ1) is 17.5. The molecule has 2 aromatic rings. The van der Waals surface area contributed by atoms with Gasteiger partial charge in [-0.2, -0.15) is 5.01 Å². The molecule has 2 aromatic carbocycles. The monoisotopic (exact) mass is 654 g/mol. The summed E-state index contributed by atoms with van der Waals surface area (Å²) >= 11 is 13.2. The molecule has 0 aromatic heterocycles. The van der Waals surface area contributed by atoms with Gasteiger partial charge < -0.3 is 0 Å². The summed E-state index contributed by atoms with van der Waals surface area (Å²) in [4.78, 5) is 62.6. The van der Waals surface area contributed by atoms with Crippen molar-refractivity contribution < 1.29 is 24.2 Å². The number of hydrogen-bond donors (Lipinski definition) is 0. The average Bonchev–Trinajstić information content (AvgIpc) is 3.48. The molecule has 37 heavy (non-hydrogen) atoms. The van der Waals surface area contributed by atoms with Gasteiger partial charge in [0.25, 0.3) is 29.1 Å². The second kappa shape index (κ2) is 9.44. The van der Waals surface area contributed by atoms with Gasteiger partial charge in [-0.15, -0.1) is 0 Å². The molecule has 1 aliphatic heterocycles. The van der Waals surface area contributed by atoms with E-state index in [1.165, 1.54) is 30.3 Å². The fraction of sp³-hybridized carbons (Fsp3) is 0.348. The zero-order chi connectivity index (χ0) is 26.8. The molecular weight excluding hydrogens is 640 g/mol. The van der Waals surface area contributed by atoms with Crippen LogP contribution in [0.5, 0.6) is 0 Å². The Hall–Kier alpha value is -2.90. The lowest BCUT2D eigenvalue weighted by atomic mass is 9.81. The zero-order valence-corrected chi connectivity index (χ0v) is 22.6. The largest absolute Gasteiger partial charge is 0.275 e. The molecule has 0 spiro atoms. The van der Waals surface area contributed by atoms with Crippen LogP contribution in [0.4, 0.5) is 11.4 Å². The second-order valence-corrected chi connectivity index (χ2v) is 11.7. The van der Waals surface area contributed by atoms with Gasteiger partial charge in [0.1, 0.15) is 0 Å². The van der Waals surface area contributed by atoms with Gasteiger partial charge in [-0.1, -0.05) is 49.5 Å². The van der Waals surface area contributed by atoms with E-state index in [-0.39, 0.29) is 43.3 Å². The number of hydrogen-bond acceptors (Lipinski definition) is 7. The van der Waals surface area contributed by atoms with Crippen LogP contribution >= 0.6 is 43.5 Å². The summed E-state index contributed by atoms with van der Waals surface area (Å²) in [5.74, 6) is -3.55. The Balaban J connectivity index is 1.58. The van der Waals surface area contributed by atoms with E-state index in [0.29, 0.717) is 6.42 Å². The summed E-state index contributed by atoms with van der Waals surface area (Å²) in [6, 6.07) is 8.70. The van der Waals surface area contributed by atoms with Crippen molar-refractivity contribution in [3.63, 3.8) is 0 Å². The minimum absolute atomic E-state index is 0.0329. The molecular formula is C23H17Br2ClN4O7. The third kappa shape index (κ3) is 4.12. The smallest absolute Gasteiger partial charge is 0.272 e. The maximum Gasteiger partial charge on any atom is 0.275 e. The fourth-order valence-corrected chi connectivity index (χ4v) is 7.75. The molecule has 6 atom stereocenters. The number of rotatable bonds is 6. The Morgan fingerprint density at radius 3 is 2.19 bits per heavy atom. The number of hydrazine groups is 1. The Kier molecular flexibility index (Phi) is 6.57. The first-order valence-corrected chi connectivity index (χ1v) is 13.4. The maximum atomic E-state index is 13.7. The van der Waals surface area contributed by atoms with Gasteiger partial charge in [0.05, 0.1) is 33.8 Å². The first kappa shape index (κ1) is 25.7. The molecule has 2 saturated carbocycles. The summed E-state index contributed by atoms with van der Waals surface area (Å²) in [6.07, 6.45) is 0.675. The molecule has 14 heteroatoms. The predicted molar refractivity (Wildman–Crippen MR) is 137 cm³/mol. The number of halogens is 3. The number of nitro groups is 2. The van der Waals surface area contributed by atoms with Crippen LogP contribution in [0.15, 0.2) is 42.5 Å². The van der Waals surface area contributed by atoms with Crippen molar-refractivity contribution in [3.8, 4) is 0 Å². The van der Waals surface area contributed by atoms with Crippen LogP contribution in [0.1, 0.15) is 22.3 Å². The standard InChI is InChI=1S/C23H17Br2ClN4O7/c24-19-14-8-15(20(19)25)18-17(14)22(32)28(23(18)33)27(9-11-4-5-12(26)7-16(11)30(36)37)21(31)10-2-1-3-13(6-10)29(34)35/h1-7,14-15,17-20H,8-9H2/t14-,15-,17-,18-,19+,20+/m1/s1. The third-order valence-electron chi connectivity index (χ3n) is 7.31. The number of carbonyl (C=O) groups excluding carboxylic acids is 3. The van der Waals surface area contributed by atoms with E-state index < -0.39 is 51.6 Å². The van der Waals surface area contributed by atoms with Gasteiger partial charge in [0.2, 0.25) is 0 Å². The van der Waals surface area contributed by atoms with Gasteiger partial charge in [-0.3, -0.25) is 34.6 Å². The lowest BCUT2D eigenvalue weighted by molar-refractivity contribution is -0.385. The molecule has 2 bridgehead atoms. The first-order valence-electron chi connectivity index (χ1n) is 11.2. The zero-order valence-electron chi connectivity index (χ0n) is 18.7. The van der Waals surface area contributed by atoms with Crippen molar-refractivity contribution >= 4 is 72.6 Å². The van der Waals surface area contributed by atoms with E-state index in [1.54, 1.807) is 0 Å². The van der Waals surface area contributed by atoms with Gasteiger partial charge in [0.15, 0.2) is 0 Å². The molecule has 192 valence electrons. The molecule has 5 rings (SSSR count). The Morgan fingerprint density at radius 1 is 1.00 bits per heavy atom. The molecule has 2 aliphatic carbocycles. The highest BCUT2D eigenvalue weighted by atomic mass is 79.9. The van der Waals surface area contributed by atoms with Crippen molar-refractivity contribution in [1.82, 2.24) is 10.0 Å². The minimum Gasteiger partial charge on any atom is -0.272 e. The predicted octanol–water partition coefficient (Wildman–Crippen LogP) is 4.49. The SMILES string of the molecule is O=C(c1cccc([N+](=O)[O-])c1)N(Cc1ccc(Cl)cc1[N+](=O)[O-])N1C(=O)[C@@H]2[C@H]3C[C@@H]([C@H](Br)[C@H]3Br)[C@H]2C1=O. The third-order valence-corrected chi connectivity index (χ3v) is 10.7. The number of fused-ring (bicyclic) bond motifs is 5. The molecule has 0 unspecified atom stereocenters. The molecule has 3 fully saturated rings. The lowest BCUT2D eigenvalue weighted by Crippen LogP contribution is -2.50. The second-order valence-electron chi connectivity index (χ2n) is 9.19. The highest BCUT2D eigenvalue weighted by molar-refractivity contribution is 9.12. The van der Waals surface area contributed by atoms with Crippen LogP contribution in [0.3, 0.4) is 0 Å². The number of benzene rings is 2. The normalized spacial score (nSPS) is 27.9. The number of alkyl halides is 2. The molecule has 0 radical (unpaired) electrons. The quantitative estimate of drug-likeness (QED) is 0.193. The Bertz CT molecular complexity index is 1340. The number of non-ortho nitro benzene ring substituents is 1. The van der Waals surface area contributed by atoms with Crippen LogP contribution in [-0.4, -0.2) is 47.2 Å². The molecule has 1 heterocycles. The van der Waals surface area contributed by atoms with Gasteiger partial charge in [-0.05, 0) is 36.5 Å². The number of nitrogens with zero attached hydrogens (tertiary/aromatic N) is 4. The molecule has 3 aliphatic rings. The van der Waals surface area contributed by atoms with Crippen molar-refractivity contribution in [3.05, 3.63) is 78.8 Å². The summed E-state index contributed by atoms with van der Waals surface area (Å²) in [6.45, 7) is -0.503. The van der Waals surface area contributed by atoms with Crippen molar-refractivity contribution in [2.45, 2.75) is 22.6 Å². The molecule has 11 nitrogen and oxygen atoms in total. The Morgan fingerprint density at radius 2 is 1.62 bits per heavy atom. The number of amides is 3. The van der Waals surface area contributed by atoms with E-state index >= 15 is 0 Å². The maximum absolute atomic E-state index is 13.7. The van der Waals surface area contributed by atoms with Crippen LogP contribution in [-0.2, 0) is 16.1 Å². The number of imide groups is 1. The topological polar surface area (TPSA) is 144 Å². The van der Waals surface area contributed by atoms with E-state index in [0.717, 1.165) is 22.2 Å². The minimum atomic E-state index is -0.882. The number of carbonyl (C=O) groups is 3. The van der Waals surface area contributed by atoms with Gasteiger partial charge >= 0.3 is 0 Å². The highest BCUT2D eigenvalue weighted by Crippen LogP contribution is 2.60. The van der Waals surface area contributed by atoms with E-state index in [2.05, 4.69) is 31.9 Å². The van der Waals surface area contributed by atoms with Crippen molar-refractivity contribution in [2.24, 2.45) is 23.7 Å². The summed E-state index contributed by atoms with van der Waals surface area (Å²) in [5.41, 5.74) is -0.875. The average molecular weight is 657 g/mol. The summed E-state index contributed by atoms with van der Waals surface area (Å²) < 4.78 is 0. The summed E-state index contributed by atoms with van der Waals surface area (Å²) in [7, 11) is 0. The van der Waals surface area contributed by atoms with E-state index in [4.69, 9.17) is 11.6 Å². The van der Waals surface area contributed by atoms with Crippen LogP contribution in [0, 0.1) is 43.9 Å². The van der Waals surface area contributed by atoms with Gasteiger partial charge in [-0.25, -0.2) is 5.01 Å². The van der Waals surface area contributed by atoms with Crippen molar-refractivity contribution in [2.75, 3.05) is 0 Å². The molecule has 1 saturated heterocycles. The fourth-order valence-electron chi connectivity index (χ4n) is 5.71. The van der Waals surface area contributed by atoms with E-state index in [1.807, 2.05) is 0 Å². The number of nitro benzene ring substituents is 2. The van der Waals surface area contributed by atoms with Crippen molar-refractivity contribution in [1.29, 1.82) is 0 Å². The molecule has 0 N–H and O–H groups in total. The van der Waals surface area contributed by atoms with E-state index in [9.17, 15) is 34.6 Å². The van der Waals surface area contributed by atoms with Crippen LogP contribution in [0.2, 0.25) is 5.02 Å². The summed E-state index contributed by atoms with van der Waals surface area (Å²) in [5, 5.41) is 24.7. The van der Waals surface area contributed by atoms with Crippen LogP contribution < -0.4 is 0 Å². The Labute approximate surface area is 231 Å². The van der Waals surface area contributed by atoms with Gasteiger partial charge in [0, 0.05) is 38.4 Å². The highest BCUT2D eigenvalue weighted by Gasteiger charge is 2.67. The molecule has 3 amide bonds.